The van der Waals surface area contributed by atoms with Crippen molar-refractivity contribution in [1.82, 2.24) is 4.31 Å². The van der Waals surface area contributed by atoms with Gasteiger partial charge in [0, 0.05) is 31.6 Å². The van der Waals surface area contributed by atoms with Crippen LogP contribution >= 0.6 is 0 Å². The maximum Gasteiger partial charge on any atom is 0.213 e. The zero-order chi connectivity index (χ0) is 16.3. The normalized spacial score (nSPS) is 22.4. The Balaban J connectivity index is 1.50. The van der Waals surface area contributed by atoms with E-state index in [4.69, 9.17) is 0 Å². The second-order valence-corrected chi connectivity index (χ2v) is 8.81. The molecule has 0 radical (unpaired) electrons. The van der Waals surface area contributed by atoms with Gasteiger partial charge >= 0.3 is 0 Å². The molecule has 5 nitrogen and oxygen atoms in total. The highest BCUT2D eigenvalue weighted by atomic mass is 32.2. The van der Waals surface area contributed by atoms with Crippen molar-refractivity contribution < 1.29 is 13.3 Å². The van der Waals surface area contributed by atoms with E-state index in [0.29, 0.717) is 19.1 Å². The van der Waals surface area contributed by atoms with Crippen LogP contribution in [-0.2, 0) is 10.0 Å². The largest absolute Gasteiger partial charge is 0.360 e. The van der Waals surface area contributed by atoms with Crippen molar-refractivity contribution in [2.75, 3.05) is 49.9 Å². The molecule has 2 aliphatic heterocycles. The number of benzene rings is 1. The minimum absolute atomic E-state index is 0.222. The quantitative estimate of drug-likeness (QED) is 0.853. The number of quaternary nitrogens is 1. The molecule has 0 saturated carbocycles. The van der Waals surface area contributed by atoms with Gasteiger partial charge in [0.05, 0.1) is 38.0 Å². The van der Waals surface area contributed by atoms with E-state index in [-0.39, 0.29) is 5.75 Å². The fraction of sp³-hybridized carbons (Fsp3) is 0.647. The lowest BCUT2D eigenvalue weighted by molar-refractivity contribution is -0.927. The molecule has 0 atom stereocenters. The number of nitrogens with one attached hydrogen (secondary N) is 1. The van der Waals surface area contributed by atoms with Gasteiger partial charge in [-0.1, -0.05) is 18.2 Å². The molecule has 2 aliphatic rings. The van der Waals surface area contributed by atoms with Gasteiger partial charge in [0.25, 0.3) is 0 Å². The highest BCUT2D eigenvalue weighted by molar-refractivity contribution is 7.89. The van der Waals surface area contributed by atoms with E-state index >= 15 is 0 Å². The zero-order valence-corrected chi connectivity index (χ0v) is 14.8. The summed E-state index contributed by atoms with van der Waals surface area (Å²) < 4.78 is 25.6. The maximum absolute atomic E-state index is 11.9. The third-order valence-electron chi connectivity index (χ3n) is 5.32. The third-order valence-corrected chi connectivity index (χ3v) is 7.20. The number of piperidine rings is 1. The standard InChI is InChI=1S/C17H27N3O2S/c1-2-23(21,22)20-10-8-17(9-11-20)19-14-12-18(13-15-19)16-6-4-3-5-7-16/h3-7,17H,2,8-15H2,1H3/p+1. The second-order valence-electron chi connectivity index (χ2n) is 6.55. The van der Waals surface area contributed by atoms with Crippen molar-refractivity contribution >= 4 is 15.7 Å². The van der Waals surface area contributed by atoms with Crippen molar-refractivity contribution in [1.29, 1.82) is 0 Å². The average molecular weight is 338 g/mol. The number of nitrogens with zero attached hydrogens (tertiary/aromatic N) is 2. The van der Waals surface area contributed by atoms with Crippen LogP contribution in [0.3, 0.4) is 0 Å². The molecule has 6 heteroatoms. The van der Waals surface area contributed by atoms with E-state index in [0.717, 1.165) is 39.0 Å². The number of para-hydroxylation sites is 1. The van der Waals surface area contributed by atoms with Crippen molar-refractivity contribution in [3.63, 3.8) is 0 Å². The Kier molecular flexibility index (Phi) is 5.24. The van der Waals surface area contributed by atoms with Crippen LogP contribution in [0.15, 0.2) is 30.3 Å². The molecule has 1 aromatic rings. The number of hydrogen-bond donors (Lipinski definition) is 1. The van der Waals surface area contributed by atoms with E-state index < -0.39 is 10.0 Å². The fourth-order valence-electron chi connectivity index (χ4n) is 3.82. The number of piperazine rings is 1. The van der Waals surface area contributed by atoms with Crippen molar-refractivity contribution in [2.45, 2.75) is 25.8 Å². The van der Waals surface area contributed by atoms with Gasteiger partial charge in [-0.3, -0.25) is 0 Å². The summed E-state index contributed by atoms with van der Waals surface area (Å²) in [6.45, 7) is 7.62. The Morgan fingerprint density at radius 2 is 1.65 bits per heavy atom. The highest BCUT2D eigenvalue weighted by Gasteiger charge is 2.33. The summed E-state index contributed by atoms with van der Waals surface area (Å²) >= 11 is 0. The minimum atomic E-state index is -3.00. The van der Waals surface area contributed by atoms with Gasteiger partial charge in [-0.2, -0.15) is 0 Å². The first-order valence-electron chi connectivity index (χ1n) is 8.72. The van der Waals surface area contributed by atoms with E-state index in [9.17, 15) is 8.42 Å². The molecule has 3 rings (SSSR count). The lowest BCUT2D eigenvalue weighted by Gasteiger charge is -2.40. The summed E-state index contributed by atoms with van der Waals surface area (Å²) in [7, 11) is -3.00. The Morgan fingerprint density at radius 3 is 2.22 bits per heavy atom. The van der Waals surface area contributed by atoms with Crippen LogP contribution in [-0.4, -0.2) is 63.8 Å². The average Bonchev–Trinajstić information content (AvgIpc) is 2.63. The predicted molar refractivity (Wildman–Crippen MR) is 93.4 cm³/mol. The van der Waals surface area contributed by atoms with Crippen LogP contribution in [0, 0.1) is 0 Å². The minimum Gasteiger partial charge on any atom is -0.360 e. The molecule has 1 aromatic carbocycles. The van der Waals surface area contributed by atoms with Crippen LogP contribution in [0.25, 0.3) is 0 Å². The van der Waals surface area contributed by atoms with Gasteiger partial charge < -0.3 is 9.80 Å². The van der Waals surface area contributed by atoms with Gasteiger partial charge in [0.1, 0.15) is 0 Å². The van der Waals surface area contributed by atoms with Gasteiger partial charge in [-0.15, -0.1) is 0 Å². The molecule has 0 aromatic heterocycles. The Labute approximate surface area is 139 Å². The van der Waals surface area contributed by atoms with E-state index in [1.54, 1.807) is 16.1 Å². The van der Waals surface area contributed by atoms with Gasteiger partial charge in [0.15, 0.2) is 0 Å². The van der Waals surface area contributed by atoms with Crippen LogP contribution in [0.1, 0.15) is 19.8 Å². The first kappa shape index (κ1) is 16.7. The molecule has 2 saturated heterocycles. The molecule has 128 valence electrons. The van der Waals surface area contributed by atoms with Crippen molar-refractivity contribution in [3.8, 4) is 0 Å². The van der Waals surface area contributed by atoms with Gasteiger partial charge in [-0.05, 0) is 19.1 Å². The molecule has 0 aliphatic carbocycles. The summed E-state index contributed by atoms with van der Waals surface area (Å²) in [6, 6.07) is 11.2. The van der Waals surface area contributed by atoms with Crippen molar-refractivity contribution in [2.24, 2.45) is 0 Å². The molecule has 23 heavy (non-hydrogen) atoms. The summed E-state index contributed by atoms with van der Waals surface area (Å²) in [5.74, 6) is 0.222. The highest BCUT2D eigenvalue weighted by Crippen LogP contribution is 2.15. The molecule has 0 amide bonds. The molecule has 0 unspecified atom stereocenters. The molecule has 1 N–H and O–H groups in total. The van der Waals surface area contributed by atoms with Crippen LogP contribution in [0.4, 0.5) is 5.69 Å². The Morgan fingerprint density at radius 1 is 1.04 bits per heavy atom. The SMILES string of the molecule is CCS(=O)(=O)N1CCC([NH+]2CCN(c3ccccc3)CC2)CC1. The molecular weight excluding hydrogens is 310 g/mol. The lowest BCUT2D eigenvalue weighted by atomic mass is 10.0. The number of sulfonamides is 1. The van der Waals surface area contributed by atoms with Crippen LogP contribution in [0.5, 0.6) is 0 Å². The summed E-state index contributed by atoms with van der Waals surface area (Å²) in [6.07, 6.45) is 2.00. The van der Waals surface area contributed by atoms with E-state index in [2.05, 4.69) is 35.2 Å². The molecule has 0 spiro atoms. The number of hydrogen-bond acceptors (Lipinski definition) is 3. The second kappa shape index (κ2) is 7.20. The monoisotopic (exact) mass is 338 g/mol. The summed E-state index contributed by atoms with van der Waals surface area (Å²) in [5, 5.41) is 0. The third kappa shape index (κ3) is 3.87. The van der Waals surface area contributed by atoms with Crippen LogP contribution < -0.4 is 9.80 Å². The number of rotatable bonds is 4. The first-order valence-corrected chi connectivity index (χ1v) is 10.3. The summed E-state index contributed by atoms with van der Waals surface area (Å²) in [4.78, 5) is 4.12. The fourth-order valence-corrected chi connectivity index (χ4v) is 4.96. The lowest BCUT2D eigenvalue weighted by Crippen LogP contribution is -3.18. The van der Waals surface area contributed by atoms with Gasteiger partial charge in [0.2, 0.25) is 10.0 Å². The van der Waals surface area contributed by atoms with E-state index in [1.165, 1.54) is 5.69 Å². The smallest absolute Gasteiger partial charge is 0.213 e. The Hall–Kier alpha value is -1.11. The Bertz CT molecular complexity index is 590. The first-order chi connectivity index (χ1) is 11.1. The van der Waals surface area contributed by atoms with Gasteiger partial charge in [-0.25, -0.2) is 12.7 Å². The predicted octanol–water partition coefficient (Wildman–Crippen LogP) is 0.206. The molecule has 2 heterocycles. The molecule has 2 fully saturated rings. The summed E-state index contributed by atoms with van der Waals surface area (Å²) in [5.41, 5.74) is 1.32. The number of anilines is 1. The molecular formula is C17H28N3O2S+. The maximum atomic E-state index is 11.9. The van der Waals surface area contributed by atoms with E-state index in [1.807, 2.05) is 0 Å². The van der Waals surface area contributed by atoms with Crippen molar-refractivity contribution in [3.05, 3.63) is 30.3 Å². The zero-order valence-electron chi connectivity index (χ0n) is 13.9. The molecule has 0 bridgehead atoms. The van der Waals surface area contributed by atoms with Crippen LogP contribution in [0.2, 0.25) is 0 Å². The topological polar surface area (TPSA) is 45.1 Å².